The lowest BCUT2D eigenvalue weighted by Crippen LogP contribution is -2.20. The van der Waals surface area contributed by atoms with Gasteiger partial charge in [0.15, 0.2) is 0 Å². The minimum Gasteiger partial charge on any atom is -0.496 e. The van der Waals surface area contributed by atoms with Crippen LogP contribution in [0.25, 0.3) is 0 Å². The first-order chi connectivity index (χ1) is 9.76. The van der Waals surface area contributed by atoms with Crippen LogP contribution in [-0.4, -0.2) is 40.1 Å². The van der Waals surface area contributed by atoms with Gasteiger partial charge in [-0.1, -0.05) is 18.2 Å². The molecule has 3 rings (SSSR count). The van der Waals surface area contributed by atoms with Crippen LogP contribution in [0.4, 0.5) is 0 Å². The monoisotopic (exact) mass is 272 g/mol. The summed E-state index contributed by atoms with van der Waals surface area (Å²) in [5.74, 6) is 1.54. The molecule has 0 radical (unpaired) electrons. The molecule has 20 heavy (non-hydrogen) atoms. The summed E-state index contributed by atoms with van der Waals surface area (Å²) in [6.07, 6.45) is 3.01. The molecule has 1 atom stereocenters. The van der Waals surface area contributed by atoms with Crippen LogP contribution in [0.3, 0.4) is 0 Å². The lowest BCUT2D eigenvalue weighted by atomic mass is 9.97. The van der Waals surface area contributed by atoms with E-state index in [4.69, 9.17) is 4.74 Å². The Balaban J connectivity index is 1.67. The van der Waals surface area contributed by atoms with Gasteiger partial charge in [-0.25, -0.2) is 0 Å². The lowest BCUT2D eigenvalue weighted by Gasteiger charge is -2.16. The standard InChI is InChI=1S/C15H20N4O/c1-18-16-9-13(17-18)11-19-8-7-12(10-19)14-5-3-4-6-15(14)20-2/h3-6,9,12H,7-8,10-11H2,1-2H3. The maximum Gasteiger partial charge on any atom is 0.122 e. The van der Waals surface area contributed by atoms with E-state index in [2.05, 4.69) is 27.2 Å². The molecule has 0 N–H and O–H groups in total. The van der Waals surface area contributed by atoms with Crippen LogP contribution in [0.1, 0.15) is 23.6 Å². The number of aryl methyl sites for hydroxylation is 1. The number of likely N-dealkylation sites (tertiary alicyclic amines) is 1. The number of rotatable bonds is 4. The third kappa shape index (κ3) is 2.67. The largest absolute Gasteiger partial charge is 0.496 e. The predicted molar refractivity (Wildman–Crippen MR) is 76.6 cm³/mol. The maximum absolute atomic E-state index is 5.47. The van der Waals surface area contributed by atoms with Gasteiger partial charge in [-0.05, 0) is 24.6 Å². The molecule has 5 nitrogen and oxygen atoms in total. The van der Waals surface area contributed by atoms with E-state index in [-0.39, 0.29) is 0 Å². The van der Waals surface area contributed by atoms with Crippen LogP contribution in [-0.2, 0) is 13.6 Å². The first-order valence-electron chi connectivity index (χ1n) is 6.96. The summed E-state index contributed by atoms with van der Waals surface area (Å²) >= 11 is 0. The summed E-state index contributed by atoms with van der Waals surface area (Å²) in [6.45, 7) is 3.02. The smallest absolute Gasteiger partial charge is 0.122 e. The summed E-state index contributed by atoms with van der Waals surface area (Å²) in [5.41, 5.74) is 2.35. The molecule has 5 heteroatoms. The van der Waals surface area contributed by atoms with Gasteiger partial charge in [-0.15, -0.1) is 0 Å². The van der Waals surface area contributed by atoms with Crippen molar-refractivity contribution < 1.29 is 4.74 Å². The number of methoxy groups -OCH3 is 1. The fourth-order valence-corrected chi connectivity index (χ4v) is 2.92. The number of para-hydroxylation sites is 1. The number of aromatic nitrogens is 3. The molecule has 1 saturated heterocycles. The van der Waals surface area contributed by atoms with E-state index in [1.165, 1.54) is 12.0 Å². The summed E-state index contributed by atoms with van der Waals surface area (Å²) in [7, 11) is 3.59. The van der Waals surface area contributed by atoms with Crippen LogP contribution >= 0.6 is 0 Å². The van der Waals surface area contributed by atoms with Crippen LogP contribution < -0.4 is 4.74 Å². The Bertz CT molecular complexity index is 581. The van der Waals surface area contributed by atoms with Crippen molar-refractivity contribution in [2.45, 2.75) is 18.9 Å². The first kappa shape index (κ1) is 13.1. The average Bonchev–Trinajstić information content (AvgIpc) is 3.08. The van der Waals surface area contributed by atoms with E-state index >= 15 is 0 Å². The van der Waals surface area contributed by atoms with Gasteiger partial charge >= 0.3 is 0 Å². The van der Waals surface area contributed by atoms with Crippen molar-refractivity contribution in [1.82, 2.24) is 19.9 Å². The van der Waals surface area contributed by atoms with Gasteiger partial charge in [0.1, 0.15) is 5.75 Å². The van der Waals surface area contributed by atoms with E-state index < -0.39 is 0 Å². The maximum atomic E-state index is 5.47. The molecule has 1 aromatic carbocycles. The normalized spacial score (nSPS) is 19.4. The van der Waals surface area contributed by atoms with E-state index in [1.807, 2.05) is 25.4 Å². The highest BCUT2D eigenvalue weighted by atomic mass is 16.5. The highest BCUT2D eigenvalue weighted by Crippen LogP contribution is 2.33. The number of benzene rings is 1. The van der Waals surface area contributed by atoms with Crippen molar-refractivity contribution >= 4 is 0 Å². The Hall–Kier alpha value is -1.88. The Morgan fingerprint density at radius 3 is 2.95 bits per heavy atom. The third-order valence-electron chi connectivity index (χ3n) is 3.88. The Labute approximate surface area is 119 Å². The second kappa shape index (κ2) is 5.63. The fraction of sp³-hybridized carbons (Fsp3) is 0.467. The van der Waals surface area contributed by atoms with Gasteiger partial charge in [-0.3, -0.25) is 4.90 Å². The van der Waals surface area contributed by atoms with Crippen molar-refractivity contribution in [2.75, 3.05) is 20.2 Å². The molecule has 106 valence electrons. The van der Waals surface area contributed by atoms with Gasteiger partial charge in [0.25, 0.3) is 0 Å². The van der Waals surface area contributed by atoms with Crippen molar-refractivity contribution in [3.63, 3.8) is 0 Å². The van der Waals surface area contributed by atoms with Crippen molar-refractivity contribution in [3.8, 4) is 5.75 Å². The molecule has 1 aromatic heterocycles. The molecule has 1 unspecified atom stereocenters. The van der Waals surface area contributed by atoms with Gasteiger partial charge in [-0.2, -0.15) is 15.0 Å². The molecule has 2 heterocycles. The molecule has 1 fully saturated rings. The molecule has 0 bridgehead atoms. The second-order valence-electron chi connectivity index (χ2n) is 5.29. The topological polar surface area (TPSA) is 43.2 Å². The summed E-state index contributed by atoms with van der Waals surface area (Å²) < 4.78 is 5.47. The number of hydrogen-bond donors (Lipinski definition) is 0. The van der Waals surface area contributed by atoms with Crippen LogP contribution in [0.2, 0.25) is 0 Å². The van der Waals surface area contributed by atoms with Crippen LogP contribution in [0.5, 0.6) is 5.75 Å². The Morgan fingerprint density at radius 2 is 2.20 bits per heavy atom. The molecule has 0 saturated carbocycles. The van der Waals surface area contributed by atoms with E-state index in [0.717, 1.165) is 31.1 Å². The van der Waals surface area contributed by atoms with Crippen LogP contribution in [0, 0.1) is 0 Å². The zero-order chi connectivity index (χ0) is 13.9. The molecule has 1 aliphatic rings. The van der Waals surface area contributed by atoms with Crippen LogP contribution in [0.15, 0.2) is 30.5 Å². The molecule has 1 aliphatic heterocycles. The molecular formula is C15H20N4O. The zero-order valence-corrected chi connectivity index (χ0v) is 12.0. The predicted octanol–water partition coefficient (Wildman–Crippen LogP) is 1.81. The van der Waals surface area contributed by atoms with Crippen molar-refractivity contribution in [2.24, 2.45) is 7.05 Å². The molecular weight excluding hydrogens is 252 g/mol. The third-order valence-corrected chi connectivity index (χ3v) is 3.88. The fourth-order valence-electron chi connectivity index (χ4n) is 2.92. The van der Waals surface area contributed by atoms with Crippen molar-refractivity contribution in [3.05, 3.63) is 41.7 Å². The highest BCUT2D eigenvalue weighted by molar-refractivity contribution is 5.37. The average molecular weight is 272 g/mol. The minimum absolute atomic E-state index is 0.544. The highest BCUT2D eigenvalue weighted by Gasteiger charge is 2.26. The van der Waals surface area contributed by atoms with Gasteiger partial charge < -0.3 is 4.74 Å². The molecule has 2 aromatic rings. The van der Waals surface area contributed by atoms with Gasteiger partial charge in [0.2, 0.25) is 0 Å². The van der Waals surface area contributed by atoms with Crippen molar-refractivity contribution in [1.29, 1.82) is 0 Å². The quantitative estimate of drug-likeness (QED) is 0.851. The number of ether oxygens (including phenoxy) is 1. The number of nitrogens with zero attached hydrogens (tertiary/aromatic N) is 4. The molecule has 0 aliphatic carbocycles. The minimum atomic E-state index is 0.544. The molecule has 0 amide bonds. The first-order valence-corrected chi connectivity index (χ1v) is 6.96. The summed E-state index contributed by atoms with van der Waals surface area (Å²) in [5, 5.41) is 8.47. The summed E-state index contributed by atoms with van der Waals surface area (Å²) in [4.78, 5) is 4.05. The van der Waals surface area contributed by atoms with Gasteiger partial charge in [0, 0.05) is 26.1 Å². The zero-order valence-electron chi connectivity index (χ0n) is 12.0. The number of hydrogen-bond acceptors (Lipinski definition) is 4. The Kier molecular flexibility index (Phi) is 3.69. The lowest BCUT2D eigenvalue weighted by molar-refractivity contribution is 0.320. The van der Waals surface area contributed by atoms with E-state index in [9.17, 15) is 0 Å². The van der Waals surface area contributed by atoms with E-state index in [0.29, 0.717) is 5.92 Å². The Morgan fingerprint density at radius 1 is 1.35 bits per heavy atom. The SMILES string of the molecule is COc1ccccc1C1CCN(Cc2cnn(C)n2)C1. The van der Waals surface area contributed by atoms with Gasteiger partial charge in [0.05, 0.1) is 19.0 Å². The summed E-state index contributed by atoms with van der Waals surface area (Å²) in [6, 6.07) is 8.33. The van der Waals surface area contributed by atoms with E-state index in [1.54, 1.807) is 11.9 Å². The molecule has 0 spiro atoms. The second-order valence-corrected chi connectivity index (χ2v) is 5.29.